The number of piperidine rings is 1. The Hall–Kier alpha value is -3.00. The third kappa shape index (κ3) is 4.37. The maximum Gasteiger partial charge on any atom is 0.254 e. The van der Waals surface area contributed by atoms with Gasteiger partial charge in [0.2, 0.25) is 5.91 Å². The number of aromatic nitrogens is 4. The first-order valence-electron chi connectivity index (χ1n) is 10.1. The molecule has 1 N–H and O–H groups in total. The summed E-state index contributed by atoms with van der Waals surface area (Å²) in [5.74, 6) is 1.79. The summed E-state index contributed by atoms with van der Waals surface area (Å²) in [6.07, 6.45) is 3.19. The van der Waals surface area contributed by atoms with E-state index in [9.17, 15) is 4.79 Å². The van der Waals surface area contributed by atoms with Crippen LogP contribution in [0.4, 0.5) is 5.82 Å². The third-order valence-corrected chi connectivity index (χ3v) is 5.35. The first kappa shape index (κ1) is 19.3. The number of carbonyl (C=O) groups is 1. The summed E-state index contributed by atoms with van der Waals surface area (Å²) >= 11 is 0. The van der Waals surface area contributed by atoms with Gasteiger partial charge in [-0.1, -0.05) is 30.3 Å². The average Bonchev–Trinajstić information content (AvgIpc) is 3.22. The lowest BCUT2D eigenvalue weighted by Crippen LogP contribution is -2.42. The van der Waals surface area contributed by atoms with Gasteiger partial charge in [-0.25, -0.2) is 4.98 Å². The second kappa shape index (κ2) is 8.57. The van der Waals surface area contributed by atoms with E-state index in [4.69, 9.17) is 0 Å². The molecule has 0 atom stereocenters. The first-order chi connectivity index (χ1) is 14.1. The highest BCUT2D eigenvalue weighted by Crippen LogP contribution is 2.27. The summed E-state index contributed by atoms with van der Waals surface area (Å²) in [5, 5.41) is 7.41. The van der Waals surface area contributed by atoms with E-state index >= 15 is 0 Å². The standard InChI is InChI=1S/C21H27N7O/c1-26(2)13-10-22-20(29)17-8-11-27(12-9-17)19-14-18(16-6-4-3-5-7-16)25-21-23-15-24-28(19)21/h3-7,14-15,17H,8-13H2,1-2H3,(H,22,29). The largest absolute Gasteiger partial charge is 0.356 e. The Balaban J connectivity index is 1.48. The second-order valence-electron chi connectivity index (χ2n) is 7.69. The van der Waals surface area contributed by atoms with Gasteiger partial charge in [0.15, 0.2) is 0 Å². The van der Waals surface area contributed by atoms with Gasteiger partial charge in [-0.15, -0.1) is 0 Å². The summed E-state index contributed by atoms with van der Waals surface area (Å²) < 4.78 is 1.78. The number of amides is 1. The van der Waals surface area contributed by atoms with Gasteiger partial charge < -0.3 is 15.1 Å². The van der Waals surface area contributed by atoms with E-state index in [-0.39, 0.29) is 11.8 Å². The van der Waals surface area contributed by atoms with Crippen molar-refractivity contribution in [2.45, 2.75) is 12.8 Å². The van der Waals surface area contributed by atoms with Crippen LogP contribution in [0.2, 0.25) is 0 Å². The molecule has 0 saturated carbocycles. The number of benzene rings is 1. The molecule has 1 aliphatic heterocycles. The van der Waals surface area contributed by atoms with Crippen molar-refractivity contribution in [1.29, 1.82) is 0 Å². The van der Waals surface area contributed by atoms with Gasteiger partial charge in [0.05, 0.1) is 5.69 Å². The fourth-order valence-corrected chi connectivity index (χ4v) is 3.70. The minimum Gasteiger partial charge on any atom is -0.356 e. The molecule has 0 radical (unpaired) electrons. The average molecular weight is 393 g/mol. The van der Waals surface area contributed by atoms with Crippen molar-refractivity contribution < 1.29 is 4.79 Å². The number of anilines is 1. The van der Waals surface area contributed by atoms with Crippen molar-refractivity contribution in [1.82, 2.24) is 29.8 Å². The summed E-state index contributed by atoms with van der Waals surface area (Å²) in [6.45, 7) is 3.16. The molecule has 1 aromatic carbocycles. The van der Waals surface area contributed by atoms with E-state index in [1.807, 2.05) is 44.4 Å². The van der Waals surface area contributed by atoms with Crippen LogP contribution in [0.25, 0.3) is 17.0 Å². The molecule has 4 rings (SSSR count). The number of rotatable bonds is 6. The summed E-state index contributed by atoms with van der Waals surface area (Å²) in [5.41, 5.74) is 1.93. The van der Waals surface area contributed by atoms with Crippen molar-refractivity contribution in [3.8, 4) is 11.3 Å². The van der Waals surface area contributed by atoms with Gasteiger partial charge >= 0.3 is 0 Å². The van der Waals surface area contributed by atoms with Gasteiger partial charge in [-0.2, -0.15) is 14.6 Å². The Morgan fingerprint density at radius 2 is 1.97 bits per heavy atom. The maximum absolute atomic E-state index is 12.4. The fourth-order valence-electron chi connectivity index (χ4n) is 3.70. The molecule has 1 fully saturated rings. The van der Waals surface area contributed by atoms with E-state index in [1.54, 1.807) is 4.52 Å². The monoisotopic (exact) mass is 393 g/mol. The van der Waals surface area contributed by atoms with Crippen molar-refractivity contribution in [3.05, 3.63) is 42.7 Å². The van der Waals surface area contributed by atoms with Crippen LogP contribution in [0.15, 0.2) is 42.7 Å². The van der Waals surface area contributed by atoms with E-state index < -0.39 is 0 Å². The van der Waals surface area contributed by atoms with Crippen molar-refractivity contribution in [2.75, 3.05) is 45.2 Å². The Bertz CT molecular complexity index is 962. The molecule has 0 aliphatic carbocycles. The number of likely N-dealkylation sites (N-methyl/N-ethyl adjacent to an activating group) is 1. The van der Waals surface area contributed by atoms with Gasteiger partial charge in [0.1, 0.15) is 12.1 Å². The zero-order valence-corrected chi connectivity index (χ0v) is 17.0. The molecule has 1 aliphatic rings. The lowest BCUT2D eigenvalue weighted by molar-refractivity contribution is -0.125. The second-order valence-corrected chi connectivity index (χ2v) is 7.69. The molecule has 2 aromatic heterocycles. The van der Waals surface area contributed by atoms with Crippen LogP contribution >= 0.6 is 0 Å². The van der Waals surface area contributed by atoms with Crippen molar-refractivity contribution >= 4 is 17.5 Å². The van der Waals surface area contributed by atoms with Crippen LogP contribution in [-0.2, 0) is 4.79 Å². The molecular weight excluding hydrogens is 366 g/mol. The molecular formula is C21H27N7O. The molecule has 8 heteroatoms. The highest BCUT2D eigenvalue weighted by molar-refractivity contribution is 5.79. The third-order valence-electron chi connectivity index (χ3n) is 5.35. The topological polar surface area (TPSA) is 78.7 Å². The smallest absolute Gasteiger partial charge is 0.254 e. The molecule has 1 saturated heterocycles. The number of nitrogens with one attached hydrogen (secondary N) is 1. The number of fused-ring (bicyclic) bond motifs is 1. The lowest BCUT2D eigenvalue weighted by atomic mass is 9.96. The fraction of sp³-hybridized carbons (Fsp3) is 0.429. The minimum absolute atomic E-state index is 0.0649. The highest BCUT2D eigenvalue weighted by Gasteiger charge is 2.26. The molecule has 1 amide bonds. The van der Waals surface area contributed by atoms with E-state index in [1.165, 1.54) is 6.33 Å². The van der Waals surface area contributed by atoms with Crippen LogP contribution in [0.5, 0.6) is 0 Å². The number of hydrogen-bond donors (Lipinski definition) is 1. The van der Waals surface area contributed by atoms with Crippen LogP contribution in [-0.4, -0.2) is 70.7 Å². The van der Waals surface area contributed by atoms with Gasteiger partial charge in [-0.05, 0) is 26.9 Å². The Morgan fingerprint density at radius 1 is 1.21 bits per heavy atom. The highest BCUT2D eigenvalue weighted by atomic mass is 16.1. The maximum atomic E-state index is 12.4. The van der Waals surface area contributed by atoms with Crippen molar-refractivity contribution in [3.63, 3.8) is 0 Å². The molecule has 8 nitrogen and oxygen atoms in total. The molecule has 3 aromatic rings. The zero-order chi connectivity index (χ0) is 20.2. The summed E-state index contributed by atoms with van der Waals surface area (Å²) in [6, 6.07) is 12.2. The Kier molecular flexibility index (Phi) is 5.71. The number of hydrogen-bond acceptors (Lipinski definition) is 6. The molecule has 0 spiro atoms. The van der Waals surface area contributed by atoms with Crippen molar-refractivity contribution in [2.24, 2.45) is 5.92 Å². The quantitative estimate of drug-likeness (QED) is 0.687. The molecule has 3 heterocycles. The first-order valence-corrected chi connectivity index (χ1v) is 10.1. The molecule has 0 bridgehead atoms. The lowest BCUT2D eigenvalue weighted by Gasteiger charge is -2.33. The molecule has 152 valence electrons. The van der Waals surface area contributed by atoms with Crippen LogP contribution in [0.1, 0.15) is 12.8 Å². The van der Waals surface area contributed by atoms with E-state index in [2.05, 4.69) is 36.2 Å². The van der Waals surface area contributed by atoms with Gasteiger partial charge in [0, 0.05) is 43.7 Å². The predicted octanol–water partition coefficient (Wildman–Crippen LogP) is 1.69. The SMILES string of the molecule is CN(C)CCNC(=O)C1CCN(c2cc(-c3ccccc3)nc3ncnn23)CC1. The summed E-state index contributed by atoms with van der Waals surface area (Å²) in [7, 11) is 4.02. The van der Waals surface area contributed by atoms with Gasteiger partial charge in [0.25, 0.3) is 5.78 Å². The predicted molar refractivity (Wildman–Crippen MR) is 113 cm³/mol. The summed E-state index contributed by atoms with van der Waals surface area (Å²) in [4.78, 5) is 25.7. The Labute approximate surface area is 170 Å². The minimum atomic E-state index is 0.0649. The van der Waals surface area contributed by atoms with Crippen LogP contribution in [0, 0.1) is 5.92 Å². The van der Waals surface area contributed by atoms with Gasteiger partial charge in [-0.3, -0.25) is 4.79 Å². The van der Waals surface area contributed by atoms with Crippen LogP contribution in [0.3, 0.4) is 0 Å². The van der Waals surface area contributed by atoms with E-state index in [0.717, 1.165) is 49.6 Å². The normalized spacial score (nSPS) is 15.2. The van der Waals surface area contributed by atoms with Crippen LogP contribution < -0.4 is 10.2 Å². The molecule has 0 unspecified atom stereocenters. The molecule has 29 heavy (non-hydrogen) atoms. The Morgan fingerprint density at radius 3 is 2.69 bits per heavy atom. The van der Waals surface area contributed by atoms with E-state index in [0.29, 0.717) is 12.3 Å². The zero-order valence-electron chi connectivity index (χ0n) is 17.0. The number of nitrogens with zero attached hydrogens (tertiary/aromatic N) is 6. The number of carbonyl (C=O) groups excluding carboxylic acids is 1.